The molecule has 0 atom stereocenters. The quantitative estimate of drug-likeness (QED) is 0.902. The molecule has 0 aliphatic heterocycles. The highest BCUT2D eigenvalue weighted by Gasteiger charge is 2.28. The Morgan fingerprint density at radius 2 is 2.11 bits per heavy atom. The Morgan fingerprint density at radius 3 is 2.68 bits per heavy atom. The number of aromatic nitrogens is 1. The molecule has 2 aromatic rings. The Balaban J connectivity index is 2.49. The lowest BCUT2D eigenvalue weighted by molar-refractivity contribution is 0.0694. The average Bonchev–Trinajstić information content (AvgIpc) is 3.13. The molecule has 0 unspecified atom stereocenters. The van der Waals surface area contributed by atoms with E-state index in [2.05, 4.69) is 0 Å². The van der Waals surface area contributed by atoms with E-state index in [0.29, 0.717) is 11.1 Å². The van der Waals surface area contributed by atoms with Gasteiger partial charge in [-0.25, -0.2) is 9.18 Å². The van der Waals surface area contributed by atoms with Gasteiger partial charge in [-0.05, 0) is 48.9 Å². The maximum absolute atomic E-state index is 13.5. The largest absolute Gasteiger partial charge is 0.477 e. The zero-order chi connectivity index (χ0) is 13.7. The van der Waals surface area contributed by atoms with Crippen molar-refractivity contribution in [2.24, 2.45) is 0 Å². The van der Waals surface area contributed by atoms with E-state index in [0.717, 1.165) is 29.0 Å². The maximum Gasteiger partial charge on any atom is 0.341 e. The molecule has 0 saturated heterocycles. The number of aryl methyl sites for hydroxylation is 1. The monoisotopic (exact) mass is 261 g/mol. The first-order valence-corrected chi connectivity index (χ1v) is 6.07. The molecule has 0 radical (unpaired) electrons. The summed E-state index contributed by atoms with van der Waals surface area (Å²) < 4.78 is 14.6. The fraction of sp³-hybridized carbons (Fsp3) is 0.286. The number of hydrogen-bond donors (Lipinski definition) is 1. The minimum Gasteiger partial charge on any atom is -0.477 e. The zero-order valence-corrected chi connectivity index (χ0v) is 10.3. The standard InChI is InChI=1S/C14H12FNO3/c1-7-4-9(15)6-16-12(7)10(8-2-3-8)5-11(13(16)17)14(18)19/h4-6,8H,2-3H2,1H3,(H,18,19). The van der Waals surface area contributed by atoms with E-state index in [4.69, 9.17) is 5.11 Å². The molecule has 0 bridgehead atoms. The van der Waals surface area contributed by atoms with Gasteiger partial charge in [0.15, 0.2) is 0 Å². The van der Waals surface area contributed by atoms with Crippen molar-refractivity contribution < 1.29 is 14.3 Å². The zero-order valence-electron chi connectivity index (χ0n) is 10.3. The highest BCUT2D eigenvalue weighted by molar-refractivity contribution is 5.88. The first-order chi connectivity index (χ1) is 8.99. The smallest absolute Gasteiger partial charge is 0.341 e. The predicted octanol–water partition coefficient (Wildman–Crippen LogP) is 2.32. The highest BCUT2D eigenvalue weighted by Crippen LogP contribution is 2.42. The van der Waals surface area contributed by atoms with Crippen LogP contribution in [0.25, 0.3) is 5.52 Å². The van der Waals surface area contributed by atoms with Crippen molar-refractivity contribution in [3.63, 3.8) is 0 Å². The van der Waals surface area contributed by atoms with E-state index in [1.165, 1.54) is 12.1 Å². The molecular formula is C14H12FNO3. The SMILES string of the molecule is Cc1cc(F)cn2c(=O)c(C(=O)O)cc(C3CC3)c12. The molecule has 1 aliphatic carbocycles. The third-order valence-corrected chi connectivity index (χ3v) is 3.49. The van der Waals surface area contributed by atoms with Gasteiger partial charge >= 0.3 is 5.97 Å². The Bertz CT molecular complexity index is 759. The summed E-state index contributed by atoms with van der Waals surface area (Å²) >= 11 is 0. The molecule has 0 spiro atoms. The van der Waals surface area contributed by atoms with E-state index in [9.17, 15) is 14.0 Å². The summed E-state index contributed by atoms with van der Waals surface area (Å²) in [6.45, 7) is 1.73. The number of hydrogen-bond acceptors (Lipinski definition) is 2. The van der Waals surface area contributed by atoms with Gasteiger partial charge in [-0.2, -0.15) is 0 Å². The lowest BCUT2D eigenvalue weighted by Gasteiger charge is -2.11. The highest BCUT2D eigenvalue weighted by atomic mass is 19.1. The fourth-order valence-corrected chi connectivity index (χ4v) is 2.49. The Hall–Kier alpha value is -2.17. The van der Waals surface area contributed by atoms with Gasteiger partial charge in [0.1, 0.15) is 11.4 Å². The molecule has 1 saturated carbocycles. The van der Waals surface area contributed by atoms with E-state index in [-0.39, 0.29) is 11.5 Å². The Morgan fingerprint density at radius 1 is 1.42 bits per heavy atom. The third kappa shape index (κ3) is 1.82. The second kappa shape index (κ2) is 3.91. The number of carboxylic acid groups (broad SMARTS) is 1. The molecule has 2 heterocycles. The van der Waals surface area contributed by atoms with Gasteiger partial charge in [-0.1, -0.05) is 0 Å². The first-order valence-electron chi connectivity index (χ1n) is 6.07. The van der Waals surface area contributed by atoms with Crippen LogP contribution in [0, 0.1) is 12.7 Å². The van der Waals surface area contributed by atoms with Gasteiger partial charge in [0.2, 0.25) is 0 Å². The Kier molecular flexibility index (Phi) is 2.45. The second-order valence-corrected chi connectivity index (χ2v) is 4.96. The van der Waals surface area contributed by atoms with Crippen LogP contribution >= 0.6 is 0 Å². The van der Waals surface area contributed by atoms with Crippen LogP contribution in [0.1, 0.15) is 40.2 Å². The van der Waals surface area contributed by atoms with Gasteiger partial charge in [0.25, 0.3) is 5.56 Å². The maximum atomic E-state index is 13.5. The number of carboxylic acids is 1. The van der Waals surface area contributed by atoms with Crippen LogP contribution in [0.3, 0.4) is 0 Å². The summed E-state index contributed by atoms with van der Waals surface area (Å²) in [5.74, 6) is -1.54. The molecule has 4 nitrogen and oxygen atoms in total. The molecule has 0 amide bonds. The summed E-state index contributed by atoms with van der Waals surface area (Å²) in [6, 6.07) is 2.81. The van der Waals surface area contributed by atoms with Crippen molar-refractivity contribution >= 4 is 11.5 Å². The van der Waals surface area contributed by atoms with Crippen LogP contribution in [0.5, 0.6) is 0 Å². The average molecular weight is 261 g/mol. The molecule has 1 aliphatic rings. The van der Waals surface area contributed by atoms with Crippen LogP contribution < -0.4 is 5.56 Å². The van der Waals surface area contributed by atoms with Crippen molar-refractivity contribution in [1.82, 2.24) is 4.40 Å². The number of aromatic carboxylic acids is 1. The number of nitrogens with zero attached hydrogens (tertiary/aromatic N) is 1. The number of rotatable bonds is 2. The molecule has 3 rings (SSSR count). The number of fused-ring (bicyclic) bond motifs is 1. The Labute approximate surface area is 108 Å². The first kappa shape index (κ1) is 11.9. The van der Waals surface area contributed by atoms with Gasteiger partial charge < -0.3 is 5.11 Å². The van der Waals surface area contributed by atoms with Crippen LogP contribution in [-0.4, -0.2) is 15.5 Å². The summed E-state index contributed by atoms with van der Waals surface area (Å²) in [6.07, 6.45) is 3.01. The van der Waals surface area contributed by atoms with Crippen molar-refractivity contribution in [3.8, 4) is 0 Å². The summed E-state index contributed by atoms with van der Waals surface area (Å²) in [5, 5.41) is 9.08. The van der Waals surface area contributed by atoms with E-state index in [1.807, 2.05) is 0 Å². The van der Waals surface area contributed by atoms with Gasteiger partial charge in [-0.3, -0.25) is 9.20 Å². The van der Waals surface area contributed by atoms with Crippen LogP contribution in [0.4, 0.5) is 4.39 Å². The molecular weight excluding hydrogens is 249 g/mol. The fourth-order valence-electron chi connectivity index (χ4n) is 2.49. The van der Waals surface area contributed by atoms with Gasteiger partial charge in [0.05, 0.1) is 5.52 Å². The van der Waals surface area contributed by atoms with Crippen LogP contribution in [0.15, 0.2) is 23.1 Å². The molecule has 0 aromatic carbocycles. The third-order valence-electron chi connectivity index (χ3n) is 3.49. The summed E-state index contributed by atoms with van der Waals surface area (Å²) in [7, 11) is 0. The number of pyridine rings is 2. The molecule has 5 heteroatoms. The lowest BCUT2D eigenvalue weighted by atomic mass is 10.0. The molecule has 1 N–H and O–H groups in total. The number of halogens is 1. The lowest BCUT2D eigenvalue weighted by Crippen LogP contribution is -2.23. The predicted molar refractivity (Wildman–Crippen MR) is 67.3 cm³/mol. The summed E-state index contributed by atoms with van der Waals surface area (Å²) in [4.78, 5) is 23.2. The van der Waals surface area contributed by atoms with Crippen molar-refractivity contribution in [1.29, 1.82) is 0 Å². The topological polar surface area (TPSA) is 58.8 Å². The number of carbonyl (C=O) groups is 1. The van der Waals surface area contributed by atoms with Crippen molar-refractivity contribution in [2.75, 3.05) is 0 Å². The molecule has 19 heavy (non-hydrogen) atoms. The van der Waals surface area contributed by atoms with Gasteiger partial charge in [0, 0.05) is 6.20 Å². The minimum absolute atomic E-state index is 0.276. The van der Waals surface area contributed by atoms with Crippen molar-refractivity contribution in [2.45, 2.75) is 25.7 Å². The van der Waals surface area contributed by atoms with E-state index >= 15 is 0 Å². The molecule has 98 valence electrons. The molecule has 1 fully saturated rings. The van der Waals surface area contributed by atoms with Gasteiger partial charge in [-0.15, -0.1) is 0 Å². The minimum atomic E-state index is -1.27. The van der Waals surface area contributed by atoms with Crippen LogP contribution in [0.2, 0.25) is 0 Å². The normalized spacial score (nSPS) is 14.8. The second-order valence-electron chi connectivity index (χ2n) is 4.96. The van der Waals surface area contributed by atoms with E-state index < -0.39 is 17.3 Å². The van der Waals surface area contributed by atoms with Crippen LogP contribution in [-0.2, 0) is 0 Å². The van der Waals surface area contributed by atoms with E-state index in [1.54, 1.807) is 6.92 Å². The summed E-state index contributed by atoms with van der Waals surface area (Å²) in [5.41, 5.74) is 1.13. The van der Waals surface area contributed by atoms with Crippen molar-refractivity contribution in [3.05, 3.63) is 51.2 Å². The molecule has 2 aromatic heterocycles.